The highest BCUT2D eigenvalue weighted by Crippen LogP contribution is 2.54. The molecule has 1 aromatic heterocycles. The van der Waals surface area contributed by atoms with Crippen LogP contribution in [0.4, 0.5) is 0 Å². The van der Waals surface area contributed by atoms with Crippen LogP contribution in [0.2, 0.25) is 0 Å². The Hall–Kier alpha value is -4.26. The van der Waals surface area contributed by atoms with Gasteiger partial charge in [-0.15, -0.1) is 0 Å². The smallest absolute Gasteiger partial charge is 0.305 e. The number of carboxylic acid groups (broad SMARTS) is 1. The summed E-state index contributed by atoms with van der Waals surface area (Å²) in [7, 11) is 0. The van der Waals surface area contributed by atoms with E-state index in [1.165, 1.54) is 19.3 Å². The van der Waals surface area contributed by atoms with Gasteiger partial charge in [0.2, 0.25) is 18.2 Å². The molecule has 2 aliphatic heterocycles. The average Bonchev–Trinajstić information content (AvgIpc) is 3.41. The lowest BCUT2D eigenvalue weighted by Gasteiger charge is -2.48. The minimum absolute atomic E-state index is 0.0283. The number of carbonyl (C=O) groups is 5. The maximum atomic E-state index is 13.0. The number of benzene rings is 1. The summed E-state index contributed by atoms with van der Waals surface area (Å²) >= 11 is 0. The minimum atomic E-state index is -0.984. The van der Waals surface area contributed by atoms with Gasteiger partial charge in [0.15, 0.2) is 0 Å². The molecular formula is C38H54N6O7. The van der Waals surface area contributed by atoms with Crippen molar-refractivity contribution in [3.63, 3.8) is 0 Å². The fraction of sp³-hybridized carbons (Fsp3) is 0.632. The summed E-state index contributed by atoms with van der Waals surface area (Å²) in [4.78, 5) is 62.6. The van der Waals surface area contributed by atoms with Gasteiger partial charge in [-0.3, -0.25) is 28.7 Å². The molecule has 0 radical (unpaired) electrons. The van der Waals surface area contributed by atoms with Crippen LogP contribution in [0.25, 0.3) is 0 Å². The zero-order chi connectivity index (χ0) is 36.6. The van der Waals surface area contributed by atoms with E-state index < -0.39 is 24.0 Å². The highest BCUT2D eigenvalue weighted by Gasteiger charge is 2.57. The molecule has 2 saturated carbocycles. The van der Waals surface area contributed by atoms with Crippen LogP contribution in [-0.2, 0) is 30.5 Å². The zero-order valence-electron chi connectivity index (χ0n) is 30.2. The number of likely N-dealkylation sites (tertiary alicyclic amines) is 2. The van der Waals surface area contributed by atoms with Gasteiger partial charge in [-0.1, -0.05) is 63.4 Å². The Kier molecular flexibility index (Phi) is 12.5. The molecule has 13 nitrogen and oxygen atoms in total. The van der Waals surface area contributed by atoms with Crippen LogP contribution in [0, 0.1) is 22.7 Å². The first-order valence-corrected chi connectivity index (χ1v) is 18.3. The molecule has 3 N–H and O–H groups in total. The molecule has 2 unspecified atom stereocenters. The molecule has 3 heterocycles. The van der Waals surface area contributed by atoms with Crippen molar-refractivity contribution in [2.24, 2.45) is 22.7 Å². The Morgan fingerprint density at radius 3 is 2.39 bits per heavy atom. The largest absolute Gasteiger partial charge is 0.481 e. The van der Waals surface area contributed by atoms with Gasteiger partial charge in [0.25, 0.3) is 5.91 Å². The Labute approximate surface area is 300 Å². The number of amides is 4. The molecule has 2 aromatic rings. The summed E-state index contributed by atoms with van der Waals surface area (Å²) in [5.74, 6) is -0.328. The van der Waals surface area contributed by atoms with E-state index in [0.29, 0.717) is 37.0 Å². The molecule has 51 heavy (non-hydrogen) atoms. The fourth-order valence-corrected chi connectivity index (χ4v) is 7.55. The number of nitrogens with one attached hydrogen (secondary N) is 2. The summed E-state index contributed by atoms with van der Waals surface area (Å²) < 4.78 is 7.56. The molecular weight excluding hydrogens is 652 g/mol. The molecule has 4 amide bonds. The monoisotopic (exact) mass is 706 g/mol. The number of aliphatic carboxylic acids is 1. The van der Waals surface area contributed by atoms with Crippen molar-refractivity contribution in [1.82, 2.24) is 30.2 Å². The van der Waals surface area contributed by atoms with E-state index >= 15 is 0 Å². The molecule has 13 heteroatoms. The van der Waals surface area contributed by atoms with Crippen molar-refractivity contribution in [3.8, 4) is 0 Å². The van der Waals surface area contributed by atoms with Gasteiger partial charge in [0.05, 0.1) is 30.8 Å². The second-order valence-electron chi connectivity index (χ2n) is 15.6. The van der Waals surface area contributed by atoms with E-state index in [-0.39, 0.29) is 35.6 Å². The first-order valence-electron chi connectivity index (χ1n) is 18.3. The van der Waals surface area contributed by atoms with Crippen molar-refractivity contribution >= 4 is 30.1 Å². The fourth-order valence-electron chi connectivity index (χ4n) is 7.55. The van der Waals surface area contributed by atoms with E-state index in [0.717, 1.165) is 57.4 Å². The minimum Gasteiger partial charge on any atom is -0.481 e. The second kappa shape index (κ2) is 16.8. The van der Waals surface area contributed by atoms with Crippen LogP contribution >= 0.6 is 0 Å². The van der Waals surface area contributed by atoms with Gasteiger partial charge < -0.3 is 30.3 Å². The maximum Gasteiger partial charge on any atom is 0.305 e. The van der Waals surface area contributed by atoms with Gasteiger partial charge in [0, 0.05) is 56.9 Å². The summed E-state index contributed by atoms with van der Waals surface area (Å²) in [6, 6.07) is 9.30. The Balaban J connectivity index is 0.000000207. The van der Waals surface area contributed by atoms with E-state index in [2.05, 4.69) is 41.7 Å². The van der Waals surface area contributed by atoms with E-state index in [1.807, 2.05) is 38.9 Å². The topological polar surface area (TPSA) is 163 Å². The third-order valence-corrected chi connectivity index (χ3v) is 10.9. The molecule has 0 bridgehead atoms. The van der Waals surface area contributed by atoms with Gasteiger partial charge in [-0.25, -0.2) is 0 Å². The third kappa shape index (κ3) is 10.2. The van der Waals surface area contributed by atoms with E-state index in [4.69, 9.17) is 9.84 Å². The van der Waals surface area contributed by atoms with Gasteiger partial charge in [-0.2, -0.15) is 5.10 Å². The van der Waals surface area contributed by atoms with Gasteiger partial charge in [0.1, 0.15) is 6.04 Å². The molecule has 2 aliphatic carbocycles. The normalized spacial score (nSPS) is 21.4. The van der Waals surface area contributed by atoms with Crippen molar-refractivity contribution in [1.29, 1.82) is 0 Å². The lowest BCUT2D eigenvalue weighted by Crippen LogP contribution is -2.60. The van der Waals surface area contributed by atoms with Crippen LogP contribution < -0.4 is 10.6 Å². The molecule has 4 aliphatic rings. The molecule has 1 aromatic carbocycles. The summed E-state index contributed by atoms with van der Waals surface area (Å²) in [5, 5.41) is 17.9. The van der Waals surface area contributed by atoms with Crippen LogP contribution in [0.1, 0.15) is 88.1 Å². The first kappa shape index (κ1) is 38.0. The van der Waals surface area contributed by atoms with Crippen molar-refractivity contribution in [2.45, 2.75) is 90.8 Å². The summed E-state index contributed by atoms with van der Waals surface area (Å²) in [6.07, 6.45) is 11.3. The predicted octanol–water partition coefficient (Wildman–Crippen LogP) is 3.33. The highest BCUT2D eigenvalue weighted by molar-refractivity contribution is 5.94. The number of carbonyl (C=O) groups excluding carboxylic acids is 4. The molecule has 3 atom stereocenters. The number of carboxylic acids is 1. The highest BCUT2D eigenvalue weighted by atomic mass is 16.5. The molecule has 2 saturated heterocycles. The molecule has 278 valence electrons. The standard InChI is InChI=1S/C23H28N4O2.C15H26N2O5/c1-22(2)10-19(22)21(29)26-15-23(16-26)8-9-25(14-23)20(28)18-11-24-27(13-18)12-17-6-4-3-5-7-17;1-11(22-9-12-5-3-2-4-6-12)14(17-10-18)15(21)16-8-7-13(19)20/h3-7,11,13,19H,8-10,12,14-16H2,1-2H3;10-12,14H,2-9H2,1H3,(H,16,21)(H,17,18)(H,19,20)/t;11-,14?/m.1/s1. The molecule has 6 rings (SSSR count). The Morgan fingerprint density at radius 1 is 1.06 bits per heavy atom. The Morgan fingerprint density at radius 2 is 1.75 bits per heavy atom. The Bertz CT molecular complexity index is 1520. The van der Waals surface area contributed by atoms with Gasteiger partial charge in [-0.05, 0) is 49.5 Å². The van der Waals surface area contributed by atoms with Crippen molar-refractivity contribution in [3.05, 3.63) is 53.9 Å². The first-order chi connectivity index (χ1) is 24.4. The maximum absolute atomic E-state index is 13.0. The van der Waals surface area contributed by atoms with E-state index in [9.17, 15) is 24.0 Å². The number of nitrogens with zero attached hydrogens (tertiary/aromatic N) is 4. The third-order valence-electron chi connectivity index (χ3n) is 10.9. The number of aromatic nitrogens is 2. The van der Waals surface area contributed by atoms with Crippen LogP contribution in [0.5, 0.6) is 0 Å². The summed E-state index contributed by atoms with van der Waals surface area (Å²) in [6.45, 7) is 10.4. The lowest BCUT2D eigenvalue weighted by atomic mass is 9.78. The average molecular weight is 707 g/mol. The quantitative estimate of drug-likeness (QED) is 0.252. The van der Waals surface area contributed by atoms with Crippen LogP contribution in [0.15, 0.2) is 42.7 Å². The van der Waals surface area contributed by atoms with E-state index in [1.54, 1.807) is 13.1 Å². The number of rotatable bonds is 14. The number of hydrogen-bond acceptors (Lipinski definition) is 7. The molecule has 4 fully saturated rings. The van der Waals surface area contributed by atoms with Crippen molar-refractivity contribution < 1.29 is 33.8 Å². The second-order valence-corrected chi connectivity index (χ2v) is 15.6. The number of ether oxygens (including phenoxy) is 1. The van der Waals surface area contributed by atoms with Crippen molar-refractivity contribution in [2.75, 3.05) is 39.3 Å². The zero-order valence-corrected chi connectivity index (χ0v) is 30.2. The van der Waals surface area contributed by atoms with Crippen LogP contribution in [-0.4, -0.2) is 106 Å². The SMILES string of the molecule is CC1(C)CC1C(=O)N1CC2(CCN(C(=O)c3cnn(Cc4ccccc4)c3)C2)C1.C[C@@H](OCC1CCCCC1)C(NC=O)C(=O)NCCC(=O)O. The van der Waals surface area contributed by atoms with Crippen LogP contribution in [0.3, 0.4) is 0 Å². The number of hydrogen-bond donors (Lipinski definition) is 3. The summed E-state index contributed by atoms with van der Waals surface area (Å²) in [5.41, 5.74) is 2.08. The lowest BCUT2D eigenvalue weighted by molar-refractivity contribution is -0.144. The molecule has 1 spiro atoms. The van der Waals surface area contributed by atoms with Gasteiger partial charge >= 0.3 is 5.97 Å². The predicted molar refractivity (Wildman–Crippen MR) is 189 cm³/mol.